The van der Waals surface area contributed by atoms with Crippen LogP contribution in [-0.4, -0.2) is 25.6 Å². The van der Waals surface area contributed by atoms with Crippen molar-refractivity contribution in [2.24, 2.45) is 16.6 Å². The van der Waals surface area contributed by atoms with Crippen LogP contribution < -0.4 is 16.0 Å². The van der Waals surface area contributed by atoms with Gasteiger partial charge in [0.05, 0.1) is 0 Å². The van der Waals surface area contributed by atoms with Gasteiger partial charge < -0.3 is 16.0 Å². The summed E-state index contributed by atoms with van der Waals surface area (Å²) in [6.45, 7) is 7.02. The van der Waals surface area contributed by atoms with E-state index in [0.717, 1.165) is 36.2 Å². The number of halogens is 2. The van der Waals surface area contributed by atoms with Gasteiger partial charge in [0.1, 0.15) is 0 Å². The van der Waals surface area contributed by atoms with Crippen molar-refractivity contribution in [2.45, 2.75) is 20.3 Å². The molecule has 140 valence electrons. The Bertz CT molecular complexity index is 758. The minimum Gasteiger partial charge on any atom is -0.371 e. The number of nitrogens with two attached hydrogens (primary N) is 1. The van der Waals surface area contributed by atoms with Crippen LogP contribution in [0.1, 0.15) is 17.5 Å². The van der Waals surface area contributed by atoms with E-state index in [4.69, 9.17) is 5.73 Å². The lowest BCUT2D eigenvalue weighted by Gasteiger charge is -2.18. The SMILES string of the molecule is Cc1cc(C)cc(NC(N)=NCC2CCN(c3cccc(Br)c3)C2)c1.I. The van der Waals surface area contributed by atoms with Crippen LogP contribution in [0.3, 0.4) is 0 Å². The van der Waals surface area contributed by atoms with Gasteiger partial charge in [0.2, 0.25) is 0 Å². The van der Waals surface area contributed by atoms with Gasteiger partial charge in [-0.1, -0.05) is 28.1 Å². The lowest BCUT2D eigenvalue weighted by atomic mass is 10.1. The fourth-order valence-electron chi connectivity index (χ4n) is 3.35. The van der Waals surface area contributed by atoms with E-state index in [1.165, 1.54) is 16.8 Å². The minimum absolute atomic E-state index is 0. The molecule has 0 aromatic heterocycles. The largest absolute Gasteiger partial charge is 0.371 e. The monoisotopic (exact) mass is 528 g/mol. The third-order valence-electron chi connectivity index (χ3n) is 4.47. The first-order valence-corrected chi connectivity index (χ1v) is 9.44. The van der Waals surface area contributed by atoms with E-state index in [-0.39, 0.29) is 24.0 Å². The van der Waals surface area contributed by atoms with Crippen LogP contribution in [0.5, 0.6) is 0 Å². The summed E-state index contributed by atoms with van der Waals surface area (Å²) in [5.41, 5.74) is 10.8. The lowest BCUT2D eigenvalue weighted by Crippen LogP contribution is -2.25. The molecule has 1 fully saturated rings. The molecule has 6 heteroatoms. The molecule has 1 atom stereocenters. The molecule has 1 aliphatic rings. The highest BCUT2D eigenvalue weighted by Crippen LogP contribution is 2.26. The van der Waals surface area contributed by atoms with Crippen molar-refractivity contribution < 1.29 is 0 Å². The second-order valence-electron chi connectivity index (χ2n) is 6.81. The molecule has 1 aliphatic heterocycles. The number of nitrogens with one attached hydrogen (secondary N) is 1. The molecule has 0 radical (unpaired) electrons. The van der Waals surface area contributed by atoms with Gasteiger partial charge in [-0.3, -0.25) is 4.99 Å². The first-order chi connectivity index (χ1) is 12.0. The zero-order chi connectivity index (χ0) is 17.8. The van der Waals surface area contributed by atoms with Gasteiger partial charge in [0.15, 0.2) is 5.96 Å². The van der Waals surface area contributed by atoms with E-state index in [9.17, 15) is 0 Å². The molecule has 1 heterocycles. The summed E-state index contributed by atoms with van der Waals surface area (Å²) in [6.07, 6.45) is 1.15. The van der Waals surface area contributed by atoms with Crippen molar-refractivity contribution in [3.63, 3.8) is 0 Å². The highest BCUT2D eigenvalue weighted by atomic mass is 127. The Morgan fingerprint density at radius 1 is 1.23 bits per heavy atom. The first-order valence-electron chi connectivity index (χ1n) is 8.65. The molecule has 2 aromatic carbocycles. The second kappa shape index (κ2) is 9.60. The standard InChI is InChI=1S/C20H25BrN4.HI/c1-14-8-15(2)10-18(9-14)24-20(22)23-12-16-6-7-25(13-16)19-5-3-4-17(21)11-19;/h3-5,8-11,16H,6-7,12-13H2,1-2H3,(H3,22,23,24);1H. The van der Waals surface area contributed by atoms with E-state index in [2.05, 4.69) is 87.5 Å². The van der Waals surface area contributed by atoms with Crippen molar-refractivity contribution in [3.05, 3.63) is 58.1 Å². The van der Waals surface area contributed by atoms with E-state index >= 15 is 0 Å². The number of nitrogens with zero attached hydrogens (tertiary/aromatic N) is 2. The molecule has 0 amide bonds. The summed E-state index contributed by atoms with van der Waals surface area (Å²) < 4.78 is 1.12. The Hall–Kier alpha value is -1.28. The lowest BCUT2D eigenvalue weighted by molar-refractivity contribution is 0.603. The van der Waals surface area contributed by atoms with Crippen LogP contribution in [0.2, 0.25) is 0 Å². The van der Waals surface area contributed by atoms with Crippen molar-refractivity contribution in [3.8, 4) is 0 Å². The van der Waals surface area contributed by atoms with E-state index in [0.29, 0.717) is 11.9 Å². The normalized spacial score (nSPS) is 17.1. The Kier molecular flexibility index (Phi) is 7.76. The predicted octanol–water partition coefficient (Wildman–Crippen LogP) is 4.94. The fourth-order valence-corrected chi connectivity index (χ4v) is 3.74. The fraction of sp³-hybridized carbons (Fsp3) is 0.350. The molecule has 3 N–H and O–H groups in total. The maximum Gasteiger partial charge on any atom is 0.193 e. The average molecular weight is 529 g/mol. The van der Waals surface area contributed by atoms with Crippen LogP contribution in [0.15, 0.2) is 51.9 Å². The van der Waals surface area contributed by atoms with Crippen molar-refractivity contribution >= 4 is 57.2 Å². The molecule has 0 aliphatic carbocycles. The van der Waals surface area contributed by atoms with Crippen LogP contribution >= 0.6 is 39.9 Å². The van der Waals surface area contributed by atoms with E-state index in [1.54, 1.807) is 0 Å². The zero-order valence-electron chi connectivity index (χ0n) is 15.2. The number of benzene rings is 2. The zero-order valence-corrected chi connectivity index (χ0v) is 19.1. The quantitative estimate of drug-likeness (QED) is 0.336. The molecule has 26 heavy (non-hydrogen) atoms. The molecule has 2 aromatic rings. The third kappa shape index (κ3) is 5.87. The second-order valence-corrected chi connectivity index (χ2v) is 7.72. The molecule has 1 saturated heterocycles. The van der Waals surface area contributed by atoms with Crippen molar-refractivity contribution in [1.29, 1.82) is 0 Å². The molecule has 1 unspecified atom stereocenters. The Balaban J connectivity index is 0.00000243. The van der Waals surface area contributed by atoms with Crippen LogP contribution in [0.4, 0.5) is 11.4 Å². The Morgan fingerprint density at radius 3 is 2.65 bits per heavy atom. The molecular weight excluding hydrogens is 503 g/mol. The molecule has 4 nitrogen and oxygen atoms in total. The van der Waals surface area contributed by atoms with Crippen molar-refractivity contribution in [2.75, 3.05) is 29.9 Å². The van der Waals surface area contributed by atoms with Gasteiger partial charge in [-0.05, 0) is 67.6 Å². The summed E-state index contributed by atoms with van der Waals surface area (Å²) in [5, 5.41) is 3.21. The highest BCUT2D eigenvalue weighted by molar-refractivity contribution is 14.0. The summed E-state index contributed by atoms with van der Waals surface area (Å²) in [6, 6.07) is 14.8. The van der Waals surface area contributed by atoms with Crippen molar-refractivity contribution in [1.82, 2.24) is 0 Å². The Labute approximate surface area is 181 Å². The van der Waals surface area contributed by atoms with Gasteiger partial charge in [-0.2, -0.15) is 0 Å². The molecular formula is C20H26BrIN4. The van der Waals surface area contributed by atoms with Crippen LogP contribution in [0, 0.1) is 19.8 Å². The summed E-state index contributed by atoms with van der Waals surface area (Å²) in [4.78, 5) is 6.97. The summed E-state index contributed by atoms with van der Waals surface area (Å²) in [5.74, 6) is 1.03. The highest BCUT2D eigenvalue weighted by Gasteiger charge is 2.22. The number of aliphatic imine (C=N–C) groups is 1. The van der Waals surface area contributed by atoms with Gasteiger partial charge in [-0.25, -0.2) is 0 Å². The van der Waals surface area contributed by atoms with Gasteiger partial charge in [-0.15, -0.1) is 24.0 Å². The summed E-state index contributed by atoms with van der Waals surface area (Å²) >= 11 is 3.54. The topological polar surface area (TPSA) is 53.6 Å². The maximum absolute atomic E-state index is 6.07. The minimum atomic E-state index is 0. The van der Waals surface area contributed by atoms with Gasteiger partial charge >= 0.3 is 0 Å². The molecule has 0 bridgehead atoms. The Morgan fingerprint density at radius 2 is 1.96 bits per heavy atom. The predicted molar refractivity (Wildman–Crippen MR) is 126 cm³/mol. The number of anilines is 2. The van der Waals surface area contributed by atoms with Gasteiger partial charge in [0, 0.05) is 35.5 Å². The number of guanidine groups is 1. The number of rotatable bonds is 4. The number of aryl methyl sites for hydroxylation is 2. The maximum atomic E-state index is 6.07. The molecule has 0 spiro atoms. The van der Waals surface area contributed by atoms with E-state index in [1.807, 2.05) is 0 Å². The van der Waals surface area contributed by atoms with Crippen LogP contribution in [-0.2, 0) is 0 Å². The van der Waals surface area contributed by atoms with E-state index < -0.39 is 0 Å². The first kappa shape index (κ1) is 21.0. The summed E-state index contributed by atoms with van der Waals surface area (Å²) in [7, 11) is 0. The number of hydrogen-bond donors (Lipinski definition) is 2. The molecule has 0 saturated carbocycles. The van der Waals surface area contributed by atoms with Crippen LogP contribution in [0.25, 0.3) is 0 Å². The molecule has 3 rings (SSSR count). The third-order valence-corrected chi connectivity index (χ3v) is 4.97. The average Bonchev–Trinajstić information content (AvgIpc) is 3.01. The smallest absolute Gasteiger partial charge is 0.193 e. The van der Waals surface area contributed by atoms with Gasteiger partial charge in [0.25, 0.3) is 0 Å². The number of hydrogen-bond acceptors (Lipinski definition) is 2.